The molecule has 0 aliphatic carbocycles. The maximum absolute atomic E-state index is 13.3. The molecule has 3 aromatic carbocycles. The Kier molecular flexibility index (Phi) is 7.34. The van der Waals surface area contributed by atoms with Crippen molar-refractivity contribution >= 4 is 34.8 Å². The number of carbonyl (C=O) groups is 1. The normalized spacial score (nSPS) is 11.1. The Hall–Kier alpha value is -3.98. The van der Waals surface area contributed by atoms with E-state index in [2.05, 4.69) is 15.5 Å². The third-order valence-corrected chi connectivity index (χ3v) is 5.69. The first-order chi connectivity index (χ1) is 16.5. The zero-order valence-electron chi connectivity index (χ0n) is 18.3. The molecule has 7 nitrogen and oxygen atoms in total. The van der Waals surface area contributed by atoms with Crippen molar-refractivity contribution in [1.29, 1.82) is 0 Å². The maximum Gasteiger partial charge on any atom is 0.266 e. The lowest BCUT2D eigenvalue weighted by molar-refractivity contribution is -0.118. The van der Waals surface area contributed by atoms with Gasteiger partial charge < -0.3 is 4.74 Å². The minimum Gasteiger partial charge on any atom is -0.494 e. The number of amides is 1. The Balaban J connectivity index is 1.56. The number of ether oxygens (including phenoxy) is 1. The van der Waals surface area contributed by atoms with Crippen molar-refractivity contribution in [2.24, 2.45) is 5.10 Å². The summed E-state index contributed by atoms with van der Waals surface area (Å²) >= 11 is 1.13. The first-order valence-corrected chi connectivity index (χ1v) is 11.5. The lowest BCUT2D eigenvalue weighted by Crippen LogP contribution is -2.24. The number of hydrogen-bond donors (Lipinski definition) is 1. The Morgan fingerprint density at radius 1 is 1.12 bits per heavy atom. The van der Waals surface area contributed by atoms with Gasteiger partial charge in [-0.2, -0.15) is 5.10 Å². The lowest BCUT2D eigenvalue weighted by Gasteiger charge is -2.13. The van der Waals surface area contributed by atoms with Gasteiger partial charge in [-0.3, -0.25) is 14.2 Å². The van der Waals surface area contributed by atoms with E-state index in [-0.39, 0.29) is 23.0 Å². The number of halogens is 1. The van der Waals surface area contributed by atoms with Crippen molar-refractivity contribution in [2.75, 3.05) is 12.4 Å². The molecule has 1 aromatic heterocycles. The average molecular weight is 477 g/mol. The topological polar surface area (TPSA) is 85.6 Å². The molecule has 1 amide bonds. The van der Waals surface area contributed by atoms with Gasteiger partial charge in [0.05, 0.1) is 35.2 Å². The van der Waals surface area contributed by atoms with Crippen molar-refractivity contribution < 1.29 is 13.9 Å². The highest BCUT2D eigenvalue weighted by molar-refractivity contribution is 7.99. The van der Waals surface area contributed by atoms with Crippen molar-refractivity contribution in [1.82, 2.24) is 15.0 Å². The molecule has 1 heterocycles. The van der Waals surface area contributed by atoms with Gasteiger partial charge in [0.2, 0.25) is 0 Å². The fourth-order valence-corrected chi connectivity index (χ4v) is 3.99. The van der Waals surface area contributed by atoms with Crippen LogP contribution in [0.3, 0.4) is 0 Å². The number of benzene rings is 3. The second kappa shape index (κ2) is 10.8. The van der Waals surface area contributed by atoms with E-state index < -0.39 is 0 Å². The number of nitrogens with zero attached hydrogens (tertiary/aromatic N) is 3. The average Bonchev–Trinajstić information content (AvgIpc) is 2.85. The van der Waals surface area contributed by atoms with Gasteiger partial charge in [0, 0.05) is 0 Å². The molecule has 4 rings (SSSR count). The van der Waals surface area contributed by atoms with E-state index in [9.17, 15) is 14.0 Å². The van der Waals surface area contributed by atoms with Gasteiger partial charge in [0.1, 0.15) is 11.6 Å². The van der Waals surface area contributed by atoms with E-state index in [4.69, 9.17) is 4.74 Å². The van der Waals surface area contributed by atoms with Crippen LogP contribution in [0.5, 0.6) is 5.75 Å². The summed E-state index contributed by atoms with van der Waals surface area (Å²) in [5.74, 6) is -0.0357. The van der Waals surface area contributed by atoms with Crippen LogP contribution in [0.1, 0.15) is 12.5 Å². The second-order valence-corrected chi connectivity index (χ2v) is 8.05. The van der Waals surface area contributed by atoms with E-state index in [0.29, 0.717) is 39.7 Å². The number of rotatable bonds is 8. The molecule has 0 radical (unpaired) electrons. The van der Waals surface area contributed by atoms with Crippen molar-refractivity contribution in [3.63, 3.8) is 0 Å². The quantitative estimate of drug-likeness (QED) is 0.179. The Labute approximate surface area is 199 Å². The summed E-state index contributed by atoms with van der Waals surface area (Å²) in [7, 11) is 0. The van der Waals surface area contributed by atoms with Crippen LogP contribution >= 0.6 is 11.8 Å². The monoisotopic (exact) mass is 476 g/mol. The molecule has 0 fully saturated rings. The predicted octanol–water partition coefficient (Wildman–Crippen LogP) is 4.17. The van der Waals surface area contributed by atoms with Crippen LogP contribution in [0, 0.1) is 5.82 Å². The molecular formula is C25H21FN4O3S. The summed E-state index contributed by atoms with van der Waals surface area (Å²) in [6.45, 7) is 2.44. The van der Waals surface area contributed by atoms with Crippen molar-refractivity contribution in [3.05, 3.63) is 94.5 Å². The van der Waals surface area contributed by atoms with E-state index >= 15 is 0 Å². The van der Waals surface area contributed by atoms with Crippen LogP contribution < -0.4 is 15.7 Å². The molecule has 4 aromatic rings. The molecule has 0 saturated carbocycles. The molecule has 1 N–H and O–H groups in total. The van der Waals surface area contributed by atoms with E-state index in [1.54, 1.807) is 60.7 Å². The number of fused-ring (bicyclic) bond motifs is 1. The number of thioether (sulfide) groups is 1. The number of aromatic nitrogens is 2. The van der Waals surface area contributed by atoms with Gasteiger partial charge in [-0.15, -0.1) is 0 Å². The zero-order chi connectivity index (χ0) is 23.9. The number of hydrogen-bond acceptors (Lipinski definition) is 6. The smallest absolute Gasteiger partial charge is 0.266 e. The van der Waals surface area contributed by atoms with E-state index in [1.165, 1.54) is 22.9 Å². The summed E-state index contributed by atoms with van der Waals surface area (Å²) < 4.78 is 20.0. The molecule has 172 valence electrons. The highest BCUT2D eigenvalue weighted by Crippen LogP contribution is 2.22. The SMILES string of the molecule is CCOc1ccc(-n2c(SCC(=O)NN=Cc3ccc(F)cc3)nc3ccccc3c2=O)cc1. The molecule has 0 saturated heterocycles. The molecule has 0 atom stereocenters. The highest BCUT2D eigenvalue weighted by atomic mass is 32.2. The van der Waals surface area contributed by atoms with Crippen molar-refractivity contribution in [3.8, 4) is 11.4 Å². The zero-order valence-corrected chi connectivity index (χ0v) is 19.1. The van der Waals surface area contributed by atoms with Crippen molar-refractivity contribution in [2.45, 2.75) is 12.1 Å². The highest BCUT2D eigenvalue weighted by Gasteiger charge is 2.15. The molecule has 0 aliphatic rings. The van der Waals surface area contributed by atoms with Crippen LogP contribution in [0.15, 0.2) is 87.8 Å². The minimum absolute atomic E-state index is 0.0113. The lowest BCUT2D eigenvalue weighted by atomic mass is 10.2. The number of carbonyl (C=O) groups excluding carboxylic acids is 1. The molecule has 9 heteroatoms. The third kappa shape index (κ3) is 5.49. The summed E-state index contributed by atoms with van der Waals surface area (Å²) in [5, 5.41) is 4.76. The van der Waals surface area contributed by atoms with Gasteiger partial charge in [-0.05, 0) is 61.0 Å². The summed E-state index contributed by atoms with van der Waals surface area (Å²) in [6.07, 6.45) is 1.42. The van der Waals surface area contributed by atoms with Gasteiger partial charge in [0.15, 0.2) is 5.16 Å². The van der Waals surface area contributed by atoms with Gasteiger partial charge >= 0.3 is 0 Å². The Morgan fingerprint density at radius 3 is 2.59 bits per heavy atom. The molecule has 34 heavy (non-hydrogen) atoms. The van der Waals surface area contributed by atoms with Crippen LogP contribution in [0.25, 0.3) is 16.6 Å². The van der Waals surface area contributed by atoms with Gasteiger partial charge in [-0.1, -0.05) is 36.0 Å². The molecule has 0 bridgehead atoms. The summed E-state index contributed by atoms with van der Waals surface area (Å²) in [4.78, 5) is 30.2. The van der Waals surface area contributed by atoms with E-state index in [0.717, 1.165) is 11.8 Å². The third-order valence-electron chi connectivity index (χ3n) is 4.76. The molecular weight excluding hydrogens is 455 g/mol. The van der Waals surface area contributed by atoms with Crippen LogP contribution in [-0.2, 0) is 4.79 Å². The van der Waals surface area contributed by atoms with Crippen LogP contribution in [0.2, 0.25) is 0 Å². The van der Waals surface area contributed by atoms with E-state index in [1.807, 2.05) is 6.92 Å². The maximum atomic E-state index is 13.3. The Bertz CT molecular complexity index is 1390. The first kappa shape index (κ1) is 23.2. The number of para-hydroxylation sites is 1. The fourth-order valence-electron chi connectivity index (χ4n) is 3.18. The van der Waals surface area contributed by atoms with Gasteiger partial charge in [0.25, 0.3) is 11.5 Å². The predicted molar refractivity (Wildman–Crippen MR) is 131 cm³/mol. The summed E-state index contributed by atoms with van der Waals surface area (Å²) in [5.41, 5.74) is 4.01. The minimum atomic E-state index is -0.371. The Morgan fingerprint density at radius 2 is 1.85 bits per heavy atom. The van der Waals surface area contributed by atoms with Crippen LogP contribution in [-0.4, -0.2) is 34.0 Å². The second-order valence-electron chi connectivity index (χ2n) is 7.11. The molecule has 0 aliphatic heterocycles. The number of hydrazone groups is 1. The van der Waals surface area contributed by atoms with Gasteiger partial charge in [-0.25, -0.2) is 14.8 Å². The molecule has 0 spiro atoms. The standard InChI is InChI=1S/C25H21FN4O3S/c1-2-33-20-13-11-19(12-14-20)30-24(32)21-5-3-4-6-22(21)28-25(30)34-16-23(31)29-27-15-17-7-9-18(26)10-8-17/h3-15H,2,16H2,1H3,(H,29,31). The first-order valence-electron chi connectivity index (χ1n) is 10.5. The number of nitrogens with one attached hydrogen (secondary N) is 1. The fraction of sp³-hybridized carbons (Fsp3) is 0.120. The van der Waals surface area contributed by atoms with Crippen LogP contribution in [0.4, 0.5) is 4.39 Å². The molecule has 0 unspecified atom stereocenters. The largest absolute Gasteiger partial charge is 0.494 e. The summed E-state index contributed by atoms with van der Waals surface area (Å²) in [6, 6.07) is 19.9.